The number of nitriles is 1. The largest absolute Gasteiger partial charge is 0.489 e. The van der Waals surface area contributed by atoms with Crippen LogP contribution in [0.4, 0.5) is 4.39 Å². The predicted octanol–water partition coefficient (Wildman–Crippen LogP) is 1.01. The van der Waals surface area contributed by atoms with Crippen LogP contribution in [0.2, 0.25) is 0 Å². The molecule has 0 aliphatic carbocycles. The lowest BCUT2D eigenvalue weighted by Gasteiger charge is -2.14. The van der Waals surface area contributed by atoms with Crippen molar-refractivity contribution in [2.75, 3.05) is 26.2 Å². The van der Waals surface area contributed by atoms with Crippen molar-refractivity contribution in [3.63, 3.8) is 0 Å². The molecule has 27 heavy (non-hydrogen) atoms. The minimum absolute atomic E-state index is 0.0212. The summed E-state index contributed by atoms with van der Waals surface area (Å²) >= 11 is 0. The second-order valence-corrected chi connectivity index (χ2v) is 7.34. The summed E-state index contributed by atoms with van der Waals surface area (Å²) in [6.07, 6.45) is -0.847. The molecular formula is C18H20FN3O4S. The summed E-state index contributed by atoms with van der Waals surface area (Å²) < 4.78 is 45.2. The van der Waals surface area contributed by atoms with Gasteiger partial charge in [-0.15, -0.1) is 0 Å². The molecule has 144 valence electrons. The third kappa shape index (κ3) is 6.30. The summed E-state index contributed by atoms with van der Waals surface area (Å²) in [5, 5.41) is 21.7. The van der Waals surface area contributed by atoms with E-state index in [1.54, 1.807) is 24.3 Å². The maximum Gasteiger partial charge on any atom is 0.243 e. The number of ether oxygens (including phenoxy) is 1. The summed E-state index contributed by atoms with van der Waals surface area (Å²) in [6, 6.07) is 13.8. The highest BCUT2D eigenvalue weighted by molar-refractivity contribution is 7.89. The van der Waals surface area contributed by atoms with Crippen molar-refractivity contribution >= 4 is 10.0 Å². The number of halogens is 1. The first kappa shape index (κ1) is 20.8. The van der Waals surface area contributed by atoms with Crippen molar-refractivity contribution in [3.05, 3.63) is 59.9 Å². The molecule has 1 atom stereocenters. The first-order valence-corrected chi connectivity index (χ1v) is 9.67. The molecule has 0 bridgehead atoms. The van der Waals surface area contributed by atoms with Crippen LogP contribution in [0.1, 0.15) is 5.56 Å². The van der Waals surface area contributed by atoms with E-state index in [-0.39, 0.29) is 26.2 Å². The van der Waals surface area contributed by atoms with Crippen LogP contribution < -0.4 is 14.8 Å². The van der Waals surface area contributed by atoms with Gasteiger partial charge in [-0.3, -0.25) is 0 Å². The Hall–Kier alpha value is -2.51. The maximum absolute atomic E-state index is 13.5. The van der Waals surface area contributed by atoms with Gasteiger partial charge in [0.1, 0.15) is 35.2 Å². The Labute approximate surface area is 157 Å². The van der Waals surface area contributed by atoms with E-state index in [1.807, 2.05) is 6.07 Å². The minimum Gasteiger partial charge on any atom is -0.489 e. The average molecular weight is 393 g/mol. The molecule has 0 amide bonds. The third-order valence-corrected chi connectivity index (χ3v) is 5.03. The summed E-state index contributed by atoms with van der Waals surface area (Å²) in [7, 11) is -3.93. The number of aliphatic hydroxyl groups is 1. The van der Waals surface area contributed by atoms with Gasteiger partial charge < -0.3 is 15.2 Å². The van der Waals surface area contributed by atoms with Crippen LogP contribution in [-0.4, -0.2) is 45.9 Å². The van der Waals surface area contributed by atoms with E-state index in [9.17, 15) is 17.9 Å². The van der Waals surface area contributed by atoms with Crippen molar-refractivity contribution < 1.29 is 22.7 Å². The lowest BCUT2D eigenvalue weighted by molar-refractivity contribution is 0.106. The van der Waals surface area contributed by atoms with Gasteiger partial charge in [0.2, 0.25) is 10.0 Å². The van der Waals surface area contributed by atoms with Gasteiger partial charge in [-0.2, -0.15) is 5.26 Å². The SMILES string of the molecule is N#Cc1ccccc1OC[C@@H](O)CNCCNS(=O)(=O)c1ccccc1F. The highest BCUT2D eigenvalue weighted by Gasteiger charge is 2.17. The Balaban J connectivity index is 1.69. The topological polar surface area (TPSA) is 111 Å². The Morgan fingerprint density at radius 3 is 2.59 bits per heavy atom. The second-order valence-electron chi connectivity index (χ2n) is 5.61. The number of nitrogens with one attached hydrogen (secondary N) is 2. The molecule has 2 rings (SSSR count). The van der Waals surface area contributed by atoms with Gasteiger partial charge in [0, 0.05) is 19.6 Å². The monoisotopic (exact) mass is 393 g/mol. The quantitative estimate of drug-likeness (QED) is 0.520. The molecule has 0 aromatic heterocycles. The van der Waals surface area contributed by atoms with Crippen molar-refractivity contribution in [1.82, 2.24) is 10.0 Å². The number of aliphatic hydroxyl groups excluding tert-OH is 1. The molecule has 2 aromatic rings. The zero-order valence-corrected chi connectivity index (χ0v) is 15.2. The van der Waals surface area contributed by atoms with Crippen molar-refractivity contribution in [2.24, 2.45) is 0 Å². The number of hydrogen-bond donors (Lipinski definition) is 3. The molecule has 9 heteroatoms. The van der Waals surface area contributed by atoms with Gasteiger partial charge in [0.25, 0.3) is 0 Å². The fourth-order valence-corrected chi connectivity index (χ4v) is 3.32. The van der Waals surface area contributed by atoms with Crippen molar-refractivity contribution in [3.8, 4) is 11.8 Å². The maximum atomic E-state index is 13.5. The second kappa shape index (κ2) is 9.99. The Kier molecular flexibility index (Phi) is 7.69. The van der Waals surface area contributed by atoms with E-state index in [2.05, 4.69) is 10.0 Å². The van der Waals surface area contributed by atoms with Gasteiger partial charge in [-0.25, -0.2) is 17.5 Å². The molecule has 0 saturated carbocycles. The van der Waals surface area contributed by atoms with E-state index in [1.165, 1.54) is 18.2 Å². The van der Waals surface area contributed by atoms with Crippen LogP contribution in [0.3, 0.4) is 0 Å². The summed E-state index contributed by atoms with van der Waals surface area (Å²) in [4.78, 5) is -0.408. The van der Waals surface area contributed by atoms with Crippen molar-refractivity contribution in [2.45, 2.75) is 11.0 Å². The van der Waals surface area contributed by atoms with Gasteiger partial charge in [0.05, 0.1) is 5.56 Å². The minimum atomic E-state index is -3.93. The van der Waals surface area contributed by atoms with E-state index in [4.69, 9.17) is 10.00 Å². The molecule has 0 spiro atoms. The fraction of sp³-hybridized carbons (Fsp3) is 0.278. The summed E-state index contributed by atoms with van der Waals surface area (Å²) in [5.41, 5.74) is 0.375. The van der Waals surface area contributed by atoms with Crippen LogP contribution >= 0.6 is 0 Å². The highest BCUT2D eigenvalue weighted by atomic mass is 32.2. The fourth-order valence-electron chi connectivity index (χ4n) is 2.21. The Morgan fingerprint density at radius 2 is 1.85 bits per heavy atom. The molecule has 0 aliphatic rings. The lowest BCUT2D eigenvalue weighted by Crippen LogP contribution is -2.37. The van der Waals surface area contributed by atoms with Crippen molar-refractivity contribution in [1.29, 1.82) is 5.26 Å². The molecule has 0 saturated heterocycles. The van der Waals surface area contributed by atoms with E-state index in [0.29, 0.717) is 11.3 Å². The smallest absolute Gasteiger partial charge is 0.243 e. The van der Waals surface area contributed by atoms with Crippen LogP contribution in [0.15, 0.2) is 53.4 Å². The van der Waals surface area contributed by atoms with Crippen LogP contribution in [0.5, 0.6) is 5.75 Å². The van der Waals surface area contributed by atoms with Gasteiger partial charge in [-0.1, -0.05) is 24.3 Å². The number of sulfonamides is 1. The van der Waals surface area contributed by atoms with E-state index < -0.39 is 26.8 Å². The molecule has 3 N–H and O–H groups in total. The molecule has 0 radical (unpaired) electrons. The molecule has 0 fully saturated rings. The molecule has 0 heterocycles. The summed E-state index contributed by atoms with van der Waals surface area (Å²) in [6.45, 7) is 0.407. The van der Waals surface area contributed by atoms with Crippen LogP contribution in [0.25, 0.3) is 0 Å². The normalized spacial score (nSPS) is 12.3. The van der Waals surface area contributed by atoms with Gasteiger partial charge in [0.15, 0.2) is 0 Å². The number of benzene rings is 2. The van der Waals surface area contributed by atoms with E-state index in [0.717, 1.165) is 6.07 Å². The summed E-state index contributed by atoms with van der Waals surface area (Å²) in [5.74, 6) is -0.431. The van der Waals surface area contributed by atoms with Gasteiger partial charge >= 0.3 is 0 Å². The van der Waals surface area contributed by atoms with Crippen LogP contribution in [0, 0.1) is 17.1 Å². The molecule has 7 nitrogen and oxygen atoms in total. The first-order valence-electron chi connectivity index (χ1n) is 8.19. The first-order chi connectivity index (χ1) is 12.9. The molecule has 2 aromatic carbocycles. The number of nitrogens with zero attached hydrogens (tertiary/aromatic N) is 1. The number of hydrogen-bond acceptors (Lipinski definition) is 6. The zero-order valence-electron chi connectivity index (χ0n) is 14.4. The Bertz CT molecular complexity index is 899. The standard InChI is InChI=1S/C18H20FN3O4S/c19-16-6-2-4-8-18(16)27(24,25)22-10-9-21-12-15(23)13-26-17-7-3-1-5-14(17)11-20/h1-8,15,21-23H,9-10,12-13H2/t15-/m0/s1. The molecule has 0 aliphatic heterocycles. The Morgan fingerprint density at radius 1 is 1.15 bits per heavy atom. The lowest BCUT2D eigenvalue weighted by atomic mass is 10.2. The van der Waals surface area contributed by atoms with Gasteiger partial charge in [-0.05, 0) is 24.3 Å². The van der Waals surface area contributed by atoms with Crippen LogP contribution in [-0.2, 0) is 10.0 Å². The molecule has 0 unspecified atom stereocenters. The predicted molar refractivity (Wildman–Crippen MR) is 97.1 cm³/mol. The third-order valence-electron chi connectivity index (χ3n) is 3.54. The zero-order chi connectivity index (χ0) is 19.7. The average Bonchev–Trinajstić information content (AvgIpc) is 2.66. The number of rotatable bonds is 10. The van der Waals surface area contributed by atoms with E-state index >= 15 is 0 Å². The highest BCUT2D eigenvalue weighted by Crippen LogP contribution is 2.16. The molecular weight excluding hydrogens is 373 g/mol. The number of para-hydroxylation sites is 1.